The summed E-state index contributed by atoms with van der Waals surface area (Å²) in [5, 5.41) is 1.66. The second-order valence-corrected chi connectivity index (χ2v) is 9.49. The molecule has 0 saturated heterocycles. The average Bonchev–Trinajstić information content (AvgIpc) is 2.81. The predicted octanol–water partition coefficient (Wildman–Crippen LogP) is 4.56. The normalized spacial score (nSPS) is 13.2. The molecule has 0 heterocycles. The van der Waals surface area contributed by atoms with E-state index in [2.05, 4.69) is 10.1 Å². The molecule has 6 nitrogen and oxygen atoms in total. The van der Waals surface area contributed by atoms with Gasteiger partial charge in [-0.1, -0.05) is 74.4 Å². The number of carbonyl (C=O) groups is 1. The first kappa shape index (κ1) is 23.5. The molecule has 2 N–H and O–H groups in total. The van der Waals surface area contributed by atoms with Crippen molar-refractivity contribution >= 4 is 27.3 Å². The van der Waals surface area contributed by atoms with E-state index in [-0.39, 0.29) is 10.8 Å². The third-order valence-corrected chi connectivity index (χ3v) is 6.82. The van der Waals surface area contributed by atoms with Crippen LogP contribution in [-0.2, 0) is 14.8 Å². The van der Waals surface area contributed by atoms with Gasteiger partial charge in [-0.3, -0.25) is 15.2 Å². The number of benzene rings is 3. The van der Waals surface area contributed by atoms with Crippen molar-refractivity contribution in [1.82, 2.24) is 10.1 Å². The zero-order valence-electron chi connectivity index (χ0n) is 18.5. The second-order valence-electron chi connectivity index (χ2n) is 7.78. The number of sulfonamides is 1. The van der Waals surface area contributed by atoms with Crippen LogP contribution >= 0.6 is 0 Å². The molecule has 0 saturated carbocycles. The highest BCUT2D eigenvalue weighted by molar-refractivity contribution is 7.89. The predicted molar refractivity (Wildman–Crippen MR) is 128 cm³/mol. The molecule has 0 aliphatic carbocycles. The Morgan fingerprint density at radius 3 is 1.84 bits per heavy atom. The molecule has 7 heteroatoms. The minimum Gasteiger partial charge on any atom is -0.271 e. The van der Waals surface area contributed by atoms with Gasteiger partial charge in [-0.15, -0.1) is 0 Å². The molecule has 168 valence electrons. The molecule has 0 aromatic heterocycles. The fraction of sp³-hybridized carbons (Fsp3) is 0.240. The Morgan fingerprint density at radius 1 is 0.875 bits per heavy atom. The van der Waals surface area contributed by atoms with Crippen LogP contribution in [0.25, 0.3) is 0 Å². The number of carbonyl (C=O) groups excluding carboxylic acids is 1. The van der Waals surface area contributed by atoms with Gasteiger partial charge in [0.15, 0.2) is 0 Å². The number of amides is 1. The highest BCUT2D eigenvalue weighted by atomic mass is 32.2. The third kappa shape index (κ3) is 5.75. The van der Waals surface area contributed by atoms with Crippen molar-refractivity contribution in [2.45, 2.75) is 38.1 Å². The van der Waals surface area contributed by atoms with E-state index in [0.29, 0.717) is 6.42 Å². The lowest BCUT2D eigenvalue weighted by atomic mass is 10.00. The lowest BCUT2D eigenvalue weighted by molar-refractivity contribution is -0.123. The van der Waals surface area contributed by atoms with Crippen LogP contribution in [0.15, 0.2) is 89.8 Å². The van der Waals surface area contributed by atoms with Crippen molar-refractivity contribution in [3.05, 3.63) is 90.5 Å². The van der Waals surface area contributed by atoms with Gasteiger partial charge in [-0.05, 0) is 49.2 Å². The highest BCUT2D eigenvalue weighted by Crippen LogP contribution is 2.23. The minimum absolute atomic E-state index is 0.132. The van der Waals surface area contributed by atoms with Crippen molar-refractivity contribution < 1.29 is 13.2 Å². The maximum Gasteiger partial charge on any atom is 0.257 e. The molecule has 0 radical (unpaired) electrons. The molecule has 3 aromatic rings. The molecule has 0 fully saturated rings. The lowest BCUT2D eigenvalue weighted by Crippen LogP contribution is -2.53. The smallest absolute Gasteiger partial charge is 0.257 e. The summed E-state index contributed by atoms with van der Waals surface area (Å²) in [5.74, 6) is -0.647. The SMILES string of the molecule is CC[C@@H](C)[C@H](NS(=O)(=O)c1ccc(C)cc1)C(=O)NN(c1ccccc1)c1ccccc1. The summed E-state index contributed by atoms with van der Waals surface area (Å²) in [6.07, 6.45) is 0.630. The van der Waals surface area contributed by atoms with Crippen molar-refractivity contribution in [2.24, 2.45) is 5.92 Å². The number of para-hydroxylation sites is 2. The van der Waals surface area contributed by atoms with Gasteiger partial charge in [-0.2, -0.15) is 4.72 Å². The molecule has 3 aromatic carbocycles. The van der Waals surface area contributed by atoms with Crippen LogP contribution in [0.5, 0.6) is 0 Å². The molecular weight excluding hydrogens is 422 g/mol. The maximum atomic E-state index is 13.4. The Morgan fingerprint density at radius 2 is 1.38 bits per heavy atom. The van der Waals surface area contributed by atoms with Crippen LogP contribution in [0, 0.1) is 12.8 Å². The summed E-state index contributed by atoms with van der Waals surface area (Å²) >= 11 is 0. The monoisotopic (exact) mass is 451 g/mol. The van der Waals surface area contributed by atoms with Crippen LogP contribution in [0.4, 0.5) is 11.4 Å². The van der Waals surface area contributed by atoms with Crippen molar-refractivity contribution in [2.75, 3.05) is 5.01 Å². The van der Waals surface area contributed by atoms with Crippen LogP contribution in [0.1, 0.15) is 25.8 Å². The molecule has 2 atom stereocenters. The number of nitrogens with zero attached hydrogens (tertiary/aromatic N) is 1. The largest absolute Gasteiger partial charge is 0.271 e. The van der Waals surface area contributed by atoms with E-state index in [1.807, 2.05) is 81.4 Å². The van der Waals surface area contributed by atoms with Gasteiger partial charge in [0.05, 0.1) is 16.3 Å². The molecule has 0 bridgehead atoms. The molecule has 0 spiro atoms. The van der Waals surface area contributed by atoms with Crippen molar-refractivity contribution in [3.63, 3.8) is 0 Å². The van der Waals surface area contributed by atoms with E-state index in [4.69, 9.17) is 0 Å². The number of nitrogens with one attached hydrogen (secondary N) is 2. The number of hydrazine groups is 1. The van der Waals surface area contributed by atoms with Crippen molar-refractivity contribution in [3.8, 4) is 0 Å². The quantitative estimate of drug-likeness (QED) is 0.468. The van der Waals surface area contributed by atoms with Gasteiger partial charge in [0.2, 0.25) is 10.0 Å². The maximum absolute atomic E-state index is 13.4. The van der Waals surface area contributed by atoms with Gasteiger partial charge in [-0.25, -0.2) is 8.42 Å². The second kappa shape index (κ2) is 10.4. The first-order chi connectivity index (χ1) is 15.3. The van der Waals surface area contributed by atoms with Crippen LogP contribution in [-0.4, -0.2) is 20.4 Å². The summed E-state index contributed by atoms with van der Waals surface area (Å²) in [6, 6.07) is 24.4. The van der Waals surface area contributed by atoms with Crippen LogP contribution in [0.3, 0.4) is 0 Å². The zero-order chi connectivity index (χ0) is 23.1. The highest BCUT2D eigenvalue weighted by Gasteiger charge is 2.31. The number of hydrogen-bond acceptors (Lipinski definition) is 4. The van der Waals surface area contributed by atoms with E-state index in [9.17, 15) is 13.2 Å². The van der Waals surface area contributed by atoms with Gasteiger partial charge >= 0.3 is 0 Å². The van der Waals surface area contributed by atoms with Gasteiger partial charge in [0.25, 0.3) is 5.91 Å². The van der Waals surface area contributed by atoms with Crippen LogP contribution < -0.4 is 15.2 Å². The van der Waals surface area contributed by atoms with E-state index < -0.39 is 22.0 Å². The average molecular weight is 452 g/mol. The first-order valence-corrected chi connectivity index (χ1v) is 12.1. The Bertz CT molecular complexity index is 1080. The standard InChI is InChI=1S/C25H29N3O3S/c1-4-20(3)24(27-32(30,31)23-17-15-19(2)16-18-23)25(29)26-28(21-11-7-5-8-12-21)22-13-9-6-10-14-22/h5-18,20,24,27H,4H2,1-3H3,(H,26,29)/t20-,24+/m1/s1. The number of anilines is 2. The summed E-state index contributed by atoms with van der Waals surface area (Å²) < 4.78 is 28.6. The van der Waals surface area contributed by atoms with E-state index in [0.717, 1.165) is 16.9 Å². The number of aryl methyl sites for hydroxylation is 1. The summed E-state index contributed by atoms with van der Waals surface area (Å²) in [5.41, 5.74) is 5.40. The van der Waals surface area contributed by atoms with E-state index in [1.54, 1.807) is 29.3 Å². The molecule has 0 aliphatic heterocycles. The van der Waals surface area contributed by atoms with Gasteiger partial charge in [0.1, 0.15) is 6.04 Å². The topological polar surface area (TPSA) is 78.5 Å². The zero-order valence-corrected chi connectivity index (χ0v) is 19.3. The van der Waals surface area contributed by atoms with Gasteiger partial charge < -0.3 is 0 Å². The lowest BCUT2D eigenvalue weighted by Gasteiger charge is -2.30. The minimum atomic E-state index is -3.87. The Hall–Kier alpha value is -3.16. The third-order valence-electron chi connectivity index (χ3n) is 5.36. The summed E-state index contributed by atoms with van der Waals surface area (Å²) in [6.45, 7) is 5.68. The van der Waals surface area contributed by atoms with Crippen molar-refractivity contribution in [1.29, 1.82) is 0 Å². The Balaban J connectivity index is 1.90. The fourth-order valence-corrected chi connectivity index (χ4v) is 4.53. The number of hydrogen-bond donors (Lipinski definition) is 2. The van der Waals surface area contributed by atoms with E-state index in [1.165, 1.54) is 0 Å². The first-order valence-electron chi connectivity index (χ1n) is 10.6. The summed E-state index contributed by atoms with van der Waals surface area (Å²) in [7, 11) is -3.87. The fourth-order valence-electron chi connectivity index (χ4n) is 3.23. The molecule has 3 rings (SSSR count). The molecule has 0 aliphatic rings. The Labute approximate surface area is 190 Å². The molecular formula is C25H29N3O3S. The molecule has 0 unspecified atom stereocenters. The summed E-state index contributed by atoms with van der Waals surface area (Å²) in [4.78, 5) is 13.5. The van der Waals surface area contributed by atoms with E-state index >= 15 is 0 Å². The number of rotatable bonds is 9. The Kier molecular flexibility index (Phi) is 7.66. The molecule has 1 amide bonds. The van der Waals surface area contributed by atoms with Gasteiger partial charge in [0, 0.05) is 0 Å². The van der Waals surface area contributed by atoms with Crippen LogP contribution in [0.2, 0.25) is 0 Å². The molecule has 32 heavy (non-hydrogen) atoms.